The molecule has 0 fully saturated rings. The minimum Gasteiger partial charge on any atom is -0.345 e. The first kappa shape index (κ1) is 14.5. The number of halogens is 2. The van der Waals surface area contributed by atoms with Gasteiger partial charge >= 0.3 is 0 Å². The number of aromatic nitrogens is 1. The van der Waals surface area contributed by atoms with E-state index in [2.05, 4.69) is 26.2 Å². The van der Waals surface area contributed by atoms with Gasteiger partial charge in [0.15, 0.2) is 0 Å². The molecule has 1 N–H and O–H groups in total. The highest BCUT2D eigenvalue weighted by molar-refractivity contribution is 9.10. The molecule has 1 aromatic heterocycles. The third-order valence-electron chi connectivity index (χ3n) is 3.31. The van der Waals surface area contributed by atoms with Gasteiger partial charge in [-0.2, -0.15) is 0 Å². The molecule has 6 heteroatoms. The molecule has 1 aromatic carbocycles. The maximum absolute atomic E-state index is 13.4. The minimum absolute atomic E-state index is 0.156. The third kappa shape index (κ3) is 3.27. The number of hydrogen-bond donors (Lipinski definition) is 1. The Labute approximate surface area is 134 Å². The van der Waals surface area contributed by atoms with Gasteiger partial charge in [0.2, 0.25) is 0 Å². The van der Waals surface area contributed by atoms with Gasteiger partial charge in [0.25, 0.3) is 5.91 Å². The van der Waals surface area contributed by atoms with Crippen LogP contribution >= 0.6 is 27.7 Å². The fraction of sp³-hybridized carbons (Fsp3) is 0.200. The molecule has 2 heterocycles. The number of rotatable bonds is 2. The topological polar surface area (TPSA) is 42.0 Å². The smallest absolute Gasteiger partial charge is 0.251 e. The Morgan fingerprint density at radius 2 is 2.24 bits per heavy atom. The van der Waals surface area contributed by atoms with Crippen LogP contribution in [-0.2, 0) is 0 Å². The van der Waals surface area contributed by atoms with E-state index in [1.807, 2.05) is 0 Å². The lowest BCUT2D eigenvalue weighted by molar-refractivity contribution is 0.0934. The van der Waals surface area contributed by atoms with Gasteiger partial charge in [-0.25, -0.2) is 9.37 Å². The van der Waals surface area contributed by atoms with Crippen LogP contribution in [0.5, 0.6) is 0 Å². The van der Waals surface area contributed by atoms with Gasteiger partial charge in [0.1, 0.15) is 10.4 Å². The van der Waals surface area contributed by atoms with E-state index in [0.29, 0.717) is 10.2 Å². The predicted octanol–water partition coefficient (Wildman–Crippen LogP) is 3.95. The van der Waals surface area contributed by atoms with E-state index in [4.69, 9.17) is 0 Å². The highest BCUT2D eigenvalue weighted by Gasteiger charge is 2.23. The van der Waals surface area contributed by atoms with Crippen LogP contribution in [0, 0.1) is 5.82 Å². The van der Waals surface area contributed by atoms with Crippen molar-refractivity contribution in [2.45, 2.75) is 17.4 Å². The van der Waals surface area contributed by atoms with Crippen LogP contribution in [0.1, 0.15) is 28.4 Å². The van der Waals surface area contributed by atoms with E-state index >= 15 is 0 Å². The predicted molar refractivity (Wildman–Crippen MR) is 83.9 cm³/mol. The summed E-state index contributed by atoms with van der Waals surface area (Å²) in [5, 5.41) is 2.98. The summed E-state index contributed by atoms with van der Waals surface area (Å²) in [6.45, 7) is 0. The number of nitrogens with zero attached hydrogens (tertiary/aromatic N) is 1. The molecule has 1 atom stereocenters. The van der Waals surface area contributed by atoms with Gasteiger partial charge in [-0.15, -0.1) is 11.8 Å². The lowest BCUT2D eigenvalue weighted by Gasteiger charge is -2.26. The van der Waals surface area contributed by atoms with Gasteiger partial charge in [0, 0.05) is 22.4 Å². The largest absolute Gasteiger partial charge is 0.345 e. The molecule has 0 bridgehead atoms. The summed E-state index contributed by atoms with van der Waals surface area (Å²) in [5.74, 6) is 0.455. The van der Waals surface area contributed by atoms with E-state index in [1.54, 1.807) is 36.2 Å². The number of nitrogens with one attached hydrogen (secondary N) is 1. The fourth-order valence-corrected chi connectivity index (χ4v) is 3.77. The second-order valence-electron chi connectivity index (χ2n) is 4.71. The molecule has 1 aliphatic rings. The second-order valence-corrected chi connectivity index (χ2v) is 6.66. The number of carbonyl (C=O) groups is 1. The van der Waals surface area contributed by atoms with Crippen molar-refractivity contribution in [3.05, 3.63) is 58.1 Å². The van der Waals surface area contributed by atoms with E-state index in [0.717, 1.165) is 22.6 Å². The molecule has 108 valence electrons. The van der Waals surface area contributed by atoms with E-state index < -0.39 is 0 Å². The highest BCUT2D eigenvalue weighted by Crippen LogP contribution is 2.36. The van der Waals surface area contributed by atoms with Crippen molar-refractivity contribution in [3.8, 4) is 0 Å². The van der Waals surface area contributed by atoms with Crippen molar-refractivity contribution in [1.29, 1.82) is 0 Å². The Bertz CT molecular complexity index is 695. The number of benzene rings is 1. The van der Waals surface area contributed by atoms with Crippen molar-refractivity contribution in [2.75, 3.05) is 5.75 Å². The van der Waals surface area contributed by atoms with Crippen molar-refractivity contribution < 1.29 is 9.18 Å². The summed E-state index contributed by atoms with van der Waals surface area (Å²) >= 11 is 4.94. The maximum Gasteiger partial charge on any atom is 0.251 e. The number of fused-ring (bicyclic) bond motifs is 1. The van der Waals surface area contributed by atoms with Gasteiger partial charge < -0.3 is 5.32 Å². The first-order valence-corrected chi connectivity index (χ1v) is 8.26. The number of hydrogen-bond acceptors (Lipinski definition) is 3. The Kier molecular flexibility index (Phi) is 4.26. The first-order valence-electron chi connectivity index (χ1n) is 6.48. The van der Waals surface area contributed by atoms with Crippen LogP contribution in [0.25, 0.3) is 0 Å². The van der Waals surface area contributed by atoms with Crippen LogP contribution < -0.4 is 5.32 Å². The third-order valence-corrected chi connectivity index (χ3v) is 4.86. The summed E-state index contributed by atoms with van der Waals surface area (Å²) in [6.07, 6.45) is 2.36. The van der Waals surface area contributed by atoms with E-state index in [1.165, 1.54) is 12.1 Å². The number of pyridine rings is 1. The summed E-state index contributed by atoms with van der Waals surface area (Å²) < 4.78 is 14.1. The van der Waals surface area contributed by atoms with Crippen molar-refractivity contribution >= 4 is 33.6 Å². The lowest BCUT2D eigenvalue weighted by Crippen LogP contribution is -2.30. The molecule has 3 nitrogen and oxygen atoms in total. The van der Waals surface area contributed by atoms with Crippen LogP contribution in [0.15, 0.2) is 46.0 Å². The number of thioether (sulfide) groups is 1. The summed E-state index contributed by atoms with van der Waals surface area (Å²) in [6, 6.07) is 7.90. The Morgan fingerprint density at radius 1 is 1.38 bits per heavy atom. The molecule has 0 spiro atoms. The summed E-state index contributed by atoms with van der Waals surface area (Å²) in [7, 11) is 0. The molecule has 21 heavy (non-hydrogen) atoms. The van der Waals surface area contributed by atoms with Crippen molar-refractivity contribution in [3.63, 3.8) is 0 Å². The SMILES string of the molecule is O=C(NC1CCSc2ccc(F)cc21)c1ccnc(Br)c1. The fourth-order valence-electron chi connectivity index (χ4n) is 2.30. The number of amides is 1. The molecule has 0 saturated carbocycles. The second kappa shape index (κ2) is 6.15. The summed E-state index contributed by atoms with van der Waals surface area (Å²) in [4.78, 5) is 17.3. The zero-order valence-electron chi connectivity index (χ0n) is 11.0. The molecule has 3 rings (SSSR count). The van der Waals surface area contributed by atoms with Gasteiger partial charge in [0.05, 0.1) is 6.04 Å². The maximum atomic E-state index is 13.4. The Morgan fingerprint density at radius 3 is 3.05 bits per heavy atom. The van der Waals surface area contributed by atoms with Gasteiger partial charge in [-0.05, 0) is 58.2 Å². The standard InChI is InChI=1S/C15H12BrFN2OS/c16-14-7-9(3-5-18-14)15(20)19-12-4-6-21-13-2-1-10(17)8-11(12)13/h1-3,5,7-8,12H,4,6H2,(H,19,20). The Hall–Kier alpha value is -1.40. The molecule has 0 aliphatic carbocycles. The zero-order valence-corrected chi connectivity index (χ0v) is 13.4. The average Bonchev–Trinajstić information content (AvgIpc) is 2.48. The molecule has 1 unspecified atom stereocenters. The van der Waals surface area contributed by atoms with Crippen LogP contribution in [0.3, 0.4) is 0 Å². The van der Waals surface area contributed by atoms with Gasteiger partial charge in [-0.1, -0.05) is 0 Å². The minimum atomic E-state index is -0.276. The van der Waals surface area contributed by atoms with Crippen LogP contribution in [0.2, 0.25) is 0 Å². The van der Waals surface area contributed by atoms with Crippen molar-refractivity contribution in [1.82, 2.24) is 10.3 Å². The summed E-state index contributed by atoms with van der Waals surface area (Å²) in [5.41, 5.74) is 1.39. The molecule has 1 aliphatic heterocycles. The molecule has 0 saturated heterocycles. The molecule has 1 amide bonds. The Balaban J connectivity index is 1.83. The van der Waals surface area contributed by atoms with Crippen molar-refractivity contribution in [2.24, 2.45) is 0 Å². The molecular formula is C15H12BrFN2OS. The van der Waals surface area contributed by atoms with Crippen LogP contribution in [-0.4, -0.2) is 16.6 Å². The average molecular weight is 367 g/mol. The molecule has 0 radical (unpaired) electrons. The quantitative estimate of drug-likeness (QED) is 0.818. The first-order chi connectivity index (χ1) is 10.1. The molecular weight excluding hydrogens is 355 g/mol. The monoisotopic (exact) mass is 366 g/mol. The zero-order chi connectivity index (χ0) is 14.8. The lowest BCUT2D eigenvalue weighted by atomic mass is 10.0. The normalized spacial score (nSPS) is 17.1. The number of carbonyl (C=O) groups excluding carboxylic acids is 1. The highest BCUT2D eigenvalue weighted by atomic mass is 79.9. The van der Waals surface area contributed by atoms with E-state index in [9.17, 15) is 9.18 Å². The van der Waals surface area contributed by atoms with E-state index in [-0.39, 0.29) is 17.8 Å². The van der Waals surface area contributed by atoms with Gasteiger partial charge in [-0.3, -0.25) is 4.79 Å². The van der Waals surface area contributed by atoms with Crippen LogP contribution in [0.4, 0.5) is 4.39 Å². The molecule has 2 aromatic rings.